The van der Waals surface area contributed by atoms with Crippen LogP contribution in [0.3, 0.4) is 0 Å². The minimum absolute atomic E-state index is 0. The molecule has 0 saturated carbocycles. The van der Waals surface area contributed by atoms with Gasteiger partial charge in [-0.25, -0.2) is 0 Å². The molecule has 0 atom stereocenters. The molecule has 0 heterocycles. The van der Waals surface area contributed by atoms with Gasteiger partial charge in [0.1, 0.15) is 0 Å². The molecule has 0 fully saturated rings. The molecule has 0 bridgehead atoms. The maximum atomic E-state index is 8.64. The third-order valence-electron chi connectivity index (χ3n) is 0. The molecule has 0 aliphatic heterocycles. The molecule has 0 aromatic rings. The zero-order valence-electron chi connectivity index (χ0n) is 11.1. The second-order valence-corrected chi connectivity index (χ2v) is 1.60. The number of hydrogen-bond acceptors (Lipinski definition) is 15. The Kier molecular flexibility index (Phi) is 95.9. The van der Waals surface area contributed by atoms with E-state index in [0.29, 0.717) is 0 Å². The summed E-state index contributed by atoms with van der Waals surface area (Å²) in [6.45, 7) is 0. The maximum Gasteiger partial charge on any atom is 3.00 e. The van der Waals surface area contributed by atoms with Gasteiger partial charge < -0.3 is 75.4 Å². The third-order valence-corrected chi connectivity index (χ3v) is 0. The summed E-state index contributed by atoms with van der Waals surface area (Å²) in [5.74, 6) is 0. The van der Waals surface area contributed by atoms with E-state index in [1.807, 2.05) is 0 Å². The van der Waals surface area contributed by atoms with Crippen molar-refractivity contribution in [3.63, 3.8) is 0 Å². The van der Waals surface area contributed by atoms with Crippen LogP contribution in [-0.4, -0.2) is 99.9 Å². The van der Waals surface area contributed by atoms with Gasteiger partial charge in [0.25, 0.3) is 0 Å². The van der Waals surface area contributed by atoms with Crippen LogP contribution in [0.4, 0.5) is 0 Å². The predicted molar refractivity (Wildman–Crippen MR) is 52.3 cm³/mol. The fourth-order valence-electron chi connectivity index (χ4n) is 0. The summed E-state index contributed by atoms with van der Waals surface area (Å²) in [6.07, 6.45) is 0. The summed E-state index contributed by atoms with van der Waals surface area (Å²) in [5.41, 5.74) is 0. The van der Waals surface area contributed by atoms with Crippen molar-refractivity contribution in [1.82, 2.24) is 0 Å². The van der Waals surface area contributed by atoms with E-state index < -0.39 is 36.6 Å². The van der Waals surface area contributed by atoms with Gasteiger partial charge in [-0.05, 0) is 0 Å². The summed E-state index contributed by atoms with van der Waals surface area (Å²) < 4.78 is 0. The zero-order chi connectivity index (χ0) is 17.9. The van der Waals surface area contributed by atoms with Crippen LogP contribution in [-0.2, 0) is 19.5 Å². The van der Waals surface area contributed by atoms with Crippen LogP contribution >= 0.6 is 0 Å². The fraction of sp³-hybridized carbons (Fsp3) is 0. The number of rotatable bonds is 0. The molecule has 0 spiro atoms. The monoisotopic (exact) mass is 549 g/mol. The number of hydrogen-bond donors (Lipinski definition) is 8. The smallest absolute Gasteiger partial charge is 0.907 e. The normalized spacial score (nSPS) is 5.87. The Morgan fingerprint density at radius 3 is 0.478 bits per heavy atom. The molecule has 15 nitrogen and oxygen atoms in total. The van der Waals surface area contributed by atoms with E-state index in [2.05, 4.69) is 0 Å². The summed E-state index contributed by atoms with van der Waals surface area (Å²) in [7, 11) is -12.6. The first-order valence-electron chi connectivity index (χ1n) is 3.72. The first kappa shape index (κ1) is 50.0. The van der Waals surface area contributed by atoms with Crippen LogP contribution in [0.15, 0.2) is 0 Å². The second-order valence-electron chi connectivity index (χ2n) is 1.60. The minimum atomic E-state index is -2.92. The van der Waals surface area contributed by atoms with E-state index >= 15 is 0 Å². The van der Waals surface area contributed by atoms with Gasteiger partial charge in [0.2, 0.25) is 0 Å². The second kappa shape index (κ2) is 44.1. The Balaban J connectivity index is -0.0000000197. The Morgan fingerprint density at radius 1 is 0.478 bits per heavy atom. The molecule has 0 aliphatic rings. The summed E-state index contributed by atoms with van der Waals surface area (Å²) >= 11 is 0. The van der Waals surface area contributed by atoms with Gasteiger partial charge in [-0.3, -0.25) is 14.6 Å². The molecule has 125 valence electrons. The van der Waals surface area contributed by atoms with Crippen molar-refractivity contribution >= 4 is 59.7 Å². The SMILES string of the molecule is OB(O)O.OB(O)O.[Gd+3].[Mg+2].[O-]B(O)O.[O-]B([O-])[O-].[O-]B([O-])[O-].[Zn+2]. The van der Waals surface area contributed by atoms with Crippen molar-refractivity contribution in [1.29, 1.82) is 0 Å². The topological polar surface area (TPSA) is 323 Å². The molecule has 23 heteroatoms. The van der Waals surface area contributed by atoms with Crippen LogP contribution in [0.5, 0.6) is 0 Å². The van der Waals surface area contributed by atoms with Crippen LogP contribution in [0.1, 0.15) is 0 Å². The van der Waals surface area contributed by atoms with Crippen LogP contribution in [0.2, 0.25) is 0 Å². The van der Waals surface area contributed by atoms with Crippen molar-refractivity contribution in [2.24, 2.45) is 0 Å². The van der Waals surface area contributed by atoms with Crippen LogP contribution in [0, 0.1) is 39.9 Å². The van der Waals surface area contributed by atoms with E-state index in [1.165, 1.54) is 0 Å². The molecule has 8 N–H and O–H groups in total. The predicted octanol–water partition coefficient (Wildman–Crippen LogP) is -15.1. The largest absolute Gasteiger partial charge is 3.00 e. The first-order valence-corrected chi connectivity index (χ1v) is 3.72. The van der Waals surface area contributed by atoms with Gasteiger partial charge >= 0.3 is 104 Å². The molecule has 23 heavy (non-hydrogen) atoms. The van der Waals surface area contributed by atoms with Gasteiger partial charge in [0.05, 0.1) is 0 Å². The minimum Gasteiger partial charge on any atom is -0.907 e. The first-order chi connectivity index (χ1) is 8.66. The molecule has 0 unspecified atom stereocenters. The molecule has 0 aromatic carbocycles. The van der Waals surface area contributed by atoms with Crippen LogP contribution < -0.4 is 35.2 Å². The Bertz CT molecular complexity index is 92.4. The van der Waals surface area contributed by atoms with Gasteiger partial charge in [0.15, 0.2) is 0 Å². The molecule has 0 aliphatic carbocycles. The molecule has 0 amide bonds. The van der Waals surface area contributed by atoms with Gasteiger partial charge in [-0.15, -0.1) is 0 Å². The summed E-state index contributed by atoms with van der Waals surface area (Å²) in [4.78, 5) is 0. The standard InChI is InChI=1S/2BH3O3.BH2O3.2BO3.Gd.Mg.Zn/c5*2-1(3)4;;;/h2*2-4H;2-3H;;;;;/q;;-1;2*-3;+3;2*+2. The van der Waals surface area contributed by atoms with E-state index in [1.54, 1.807) is 0 Å². The summed E-state index contributed by atoms with van der Waals surface area (Å²) in [6, 6.07) is 0. The van der Waals surface area contributed by atoms with Crippen molar-refractivity contribution in [2.45, 2.75) is 0 Å². The van der Waals surface area contributed by atoms with E-state index in [4.69, 9.17) is 75.4 Å². The average molecular weight is 549 g/mol. The Morgan fingerprint density at radius 2 is 0.478 bits per heavy atom. The zero-order valence-corrected chi connectivity index (χ0v) is 17.7. The maximum absolute atomic E-state index is 8.64. The Labute approximate surface area is 192 Å². The molecule has 1 radical (unpaired) electrons. The Hall–Kier alpha value is 2.44. The van der Waals surface area contributed by atoms with Gasteiger partial charge in [0, 0.05) is 0 Å². The van der Waals surface area contributed by atoms with Crippen molar-refractivity contribution < 1.29 is 135 Å². The van der Waals surface area contributed by atoms with Crippen molar-refractivity contribution in [2.75, 3.05) is 0 Å². The van der Waals surface area contributed by atoms with Gasteiger partial charge in [-0.1, -0.05) is 0 Å². The van der Waals surface area contributed by atoms with Gasteiger partial charge in [-0.2, -0.15) is 0 Å². The third kappa shape index (κ3) is 2070. The fourth-order valence-corrected chi connectivity index (χ4v) is 0. The van der Waals surface area contributed by atoms with Crippen molar-refractivity contribution in [3.8, 4) is 0 Å². The van der Waals surface area contributed by atoms with Crippen molar-refractivity contribution in [3.05, 3.63) is 0 Å². The quantitative estimate of drug-likeness (QED) is 0.130. The average Bonchev–Trinajstić information content (AvgIpc) is 1.94. The molecule has 0 rings (SSSR count). The molecular formula is H8B5GdMgO15Zn. The molecule has 0 aromatic heterocycles. The van der Waals surface area contributed by atoms with E-state index in [9.17, 15) is 0 Å². The van der Waals surface area contributed by atoms with E-state index in [0.717, 1.165) is 0 Å². The van der Waals surface area contributed by atoms with E-state index in [-0.39, 0.29) is 82.5 Å². The van der Waals surface area contributed by atoms with Crippen LogP contribution in [0.25, 0.3) is 0 Å². The molecular weight excluding hydrogens is 541 g/mol. The summed E-state index contributed by atoms with van der Waals surface area (Å²) in [5, 5.41) is 116. The molecule has 0 saturated heterocycles.